The average Bonchev–Trinajstić information content (AvgIpc) is 2.87. The van der Waals surface area contributed by atoms with Gasteiger partial charge in [-0.2, -0.15) is 0 Å². The van der Waals surface area contributed by atoms with Crippen LogP contribution in [0, 0.1) is 5.92 Å². The number of fused-ring (bicyclic) bond motifs is 4. The van der Waals surface area contributed by atoms with E-state index in [2.05, 4.69) is 42.9 Å². The van der Waals surface area contributed by atoms with Crippen LogP contribution in [-0.4, -0.2) is 29.9 Å². The Labute approximate surface area is 183 Å². The van der Waals surface area contributed by atoms with Crippen LogP contribution in [-0.2, 0) is 10.3 Å². The van der Waals surface area contributed by atoms with Crippen LogP contribution in [0.5, 0.6) is 0 Å². The topological polar surface area (TPSA) is 42.4 Å². The number of ether oxygens (including phenoxy) is 1. The Morgan fingerprint density at radius 1 is 1.29 bits per heavy atom. The number of hydrogen-bond acceptors (Lipinski definition) is 4. The zero-order chi connectivity index (χ0) is 22.2. The van der Waals surface area contributed by atoms with Crippen LogP contribution in [0.25, 0.3) is 0 Å². The molecular formula is C27H26N2O2. The molecule has 0 amide bonds. The van der Waals surface area contributed by atoms with Crippen molar-refractivity contribution in [1.82, 2.24) is 9.88 Å². The molecule has 2 unspecified atom stereocenters. The number of rotatable bonds is 4. The van der Waals surface area contributed by atoms with Crippen LogP contribution in [0.2, 0.25) is 0 Å². The van der Waals surface area contributed by atoms with Crippen molar-refractivity contribution in [1.29, 1.82) is 0 Å². The summed E-state index contributed by atoms with van der Waals surface area (Å²) in [5.74, 6) is -0.697. The van der Waals surface area contributed by atoms with Crippen molar-refractivity contribution in [3.8, 4) is 0 Å². The van der Waals surface area contributed by atoms with Crippen molar-refractivity contribution in [3.63, 3.8) is 0 Å². The van der Waals surface area contributed by atoms with Gasteiger partial charge in [-0.25, -0.2) is 4.79 Å². The molecule has 4 rings (SSSR count). The lowest BCUT2D eigenvalue weighted by Gasteiger charge is -2.37. The highest BCUT2D eigenvalue weighted by molar-refractivity contribution is 5.95. The quantitative estimate of drug-likeness (QED) is 0.641. The first kappa shape index (κ1) is 20.6. The van der Waals surface area contributed by atoms with Gasteiger partial charge in [-0.3, -0.25) is 4.98 Å². The molecule has 156 valence electrons. The van der Waals surface area contributed by atoms with Crippen LogP contribution in [0.1, 0.15) is 22.5 Å². The van der Waals surface area contributed by atoms with E-state index < -0.39 is 5.60 Å². The number of allylic oxidation sites excluding steroid dienone is 8. The maximum absolute atomic E-state index is 13.0. The molecule has 2 aliphatic carbocycles. The first-order valence-corrected chi connectivity index (χ1v) is 10.2. The minimum atomic E-state index is -1.13. The van der Waals surface area contributed by atoms with Crippen molar-refractivity contribution >= 4 is 5.97 Å². The highest BCUT2D eigenvalue weighted by Gasteiger charge is 2.56. The maximum Gasteiger partial charge on any atom is 0.341 e. The second-order valence-electron chi connectivity index (χ2n) is 8.06. The average molecular weight is 411 g/mol. The number of esters is 1. The maximum atomic E-state index is 13.0. The molecule has 2 bridgehead atoms. The lowest BCUT2D eigenvalue weighted by molar-refractivity contribution is -0.00321. The molecule has 1 spiro atoms. The molecule has 0 saturated carbocycles. The first-order chi connectivity index (χ1) is 14.9. The Morgan fingerprint density at radius 3 is 2.81 bits per heavy atom. The molecule has 2 heterocycles. The third kappa shape index (κ3) is 3.25. The van der Waals surface area contributed by atoms with E-state index in [9.17, 15) is 4.79 Å². The van der Waals surface area contributed by atoms with Crippen molar-refractivity contribution in [2.24, 2.45) is 5.92 Å². The molecule has 1 aliphatic heterocycles. The molecule has 0 N–H and O–H groups in total. The minimum Gasteiger partial charge on any atom is -0.443 e. The Bertz CT molecular complexity index is 1140. The number of aromatic nitrogens is 1. The van der Waals surface area contributed by atoms with Gasteiger partial charge >= 0.3 is 5.97 Å². The normalized spacial score (nSPS) is 25.9. The van der Waals surface area contributed by atoms with Crippen molar-refractivity contribution in [2.45, 2.75) is 12.0 Å². The van der Waals surface area contributed by atoms with Crippen LogP contribution in [0.15, 0.2) is 115 Å². The van der Waals surface area contributed by atoms with Crippen molar-refractivity contribution in [2.75, 3.05) is 14.1 Å². The lowest BCUT2D eigenvalue weighted by Crippen LogP contribution is -2.38. The zero-order valence-electron chi connectivity index (χ0n) is 18.0. The highest BCUT2D eigenvalue weighted by atomic mass is 16.6. The predicted octanol–water partition coefficient (Wildman–Crippen LogP) is 5.19. The number of carbonyl (C=O) groups excluding carboxylic acids is 1. The summed E-state index contributed by atoms with van der Waals surface area (Å²) in [7, 11) is 3.95. The smallest absolute Gasteiger partial charge is 0.341 e. The van der Waals surface area contributed by atoms with E-state index in [4.69, 9.17) is 4.74 Å². The van der Waals surface area contributed by atoms with E-state index >= 15 is 0 Å². The SMILES string of the molecule is C=C/C=C1\C(=C)C=CC2=CC1C1(OC(=O)c3cccnc31)C(C=C)=C(/C=C/N(C)C)C2. The summed E-state index contributed by atoms with van der Waals surface area (Å²) in [6.45, 7) is 12.3. The zero-order valence-corrected chi connectivity index (χ0v) is 18.0. The van der Waals surface area contributed by atoms with Crippen LogP contribution in [0.4, 0.5) is 0 Å². The van der Waals surface area contributed by atoms with Gasteiger partial charge in [0.25, 0.3) is 0 Å². The largest absolute Gasteiger partial charge is 0.443 e. The first-order valence-electron chi connectivity index (χ1n) is 10.2. The molecule has 0 aromatic carbocycles. The molecule has 1 aromatic heterocycles. The third-order valence-electron chi connectivity index (χ3n) is 5.87. The van der Waals surface area contributed by atoms with Crippen molar-refractivity contribution < 1.29 is 9.53 Å². The molecule has 0 fully saturated rings. The Balaban J connectivity index is 2.11. The second kappa shape index (κ2) is 7.88. The minimum absolute atomic E-state index is 0.318. The van der Waals surface area contributed by atoms with Gasteiger partial charge < -0.3 is 9.64 Å². The van der Waals surface area contributed by atoms with E-state index in [1.54, 1.807) is 30.5 Å². The third-order valence-corrected chi connectivity index (χ3v) is 5.87. The Kier molecular flexibility index (Phi) is 5.24. The van der Waals surface area contributed by atoms with Gasteiger partial charge in [0.2, 0.25) is 0 Å². The summed E-state index contributed by atoms with van der Waals surface area (Å²) in [6, 6.07) is 3.53. The van der Waals surface area contributed by atoms with Gasteiger partial charge in [-0.05, 0) is 53.1 Å². The number of pyridine rings is 1. The molecule has 4 nitrogen and oxygen atoms in total. The summed E-state index contributed by atoms with van der Waals surface area (Å²) < 4.78 is 6.28. The molecule has 0 radical (unpaired) electrons. The van der Waals surface area contributed by atoms with Gasteiger partial charge in [0, 0.05) is 25.9 Å². The van der Waals surface area contributed by atoms with Gasteiger partial charge in [0.15, 0.2) is 5.60 Å². The Morgan fingerprint density at radius 2 is 2.10 bits per heavy atom. The summed E-state index contributed by atoms with van der Waals surface area (Å²) in [5.41, 5.74) is 4.73. The van der Waals surface area contributed by atoms with E-state index in [0.29, 0.717) is 17.7 Å². The molecule has 4 heteroatoms. The van der Waals surface area contributed by atoms with Gasteiger partial charge in [0.1, 0.15) is 5.69 Å². The van der Waals surface area contributed by atoms with E-state index in [1.165, 1.54) is 0 Å². The molecular weight excluding hydrogens is 384 g/mol. The standard InChI is InChI=1S/C27H26N2O2/c1-6-9-21-18(3)11-12-19-16-20(13-15-29(4)5)23(7-2)27(24(21)17-19)25-22(26(30)31-27)10-8-14-28-25/h6-15,17,24H,1-3,16H2,4-5H3/b15-13+,21-9+. The summed E-state index contributed by atoms with van der Waals surface area (Å²) >= 11 is 0. The molecule has 0 saturated heterocycles. The molecule has 31 heavy (non-hydrogen) atoms. The summed E-state index contributed by atoms with van der Waals surface area (Å²) in [4.78, 5) is 19.7. The van der Waals surface area contributed by atoms with Gasteiger partial charge in [-0.1, -0.05) is 56.2 Å². The summed E-state index contributed by atoms with van der Waals surface area (Å²) in [5, 5.41) is 0. The fraction of sp³-hybridized carbons (Fsp3) is 0.185. The monoisotopic (exact) mass is 410 g/mol. The van der Waals surface area contributed by atoms with Crippen molar-refractivity contribution in [3.05, 3.63) is 126 Å². The number of nitrogens with zero attached hydrogens (tertiary/aromatic N) is 2. The fourth-order valence-corrected chi connectivity index (χ4v) is 4.56. The highest BCUT2D eigenvalue weighted by Crippen LogP contribution is 2.54. The van der Waals surface area contributed by atoms with E-state index in [0.717, 1.165) is 27.9 Å². The molecule has 1 aromatic rings. The van der Waals surface area contributed by atoms with Gasteiger partial charge in [0.05, 0.1) is 11.5 Å². The number of hydrogen-bond donors (Lipinski definition) is 0. The number of carbonyl (C=O) groups is 1. The van der Waals surface area contributed by atoms with Crippen LogP contribution in [0.3, 0.4) is 0 Å². The van der Waals surface area contributed by atoms with Crippen LogP contribution >= 0.6 is 0 Å². The fourth-order valence-electron chi connectivity index (χ4n) is 4.56. The molecule has 3 aliphatic rings. The Hall–Kier alpha value is -3.66. The van der Waals surface area contributed by atoms with Gasteiger partial charge in [-0.15, -0.1) is 0 Å². The van der Waals surface area contributed by atoms with E-state index in [-0.39, 0.29) is 11.9 Å². The van der Waals surface area contributed by atoms with E-state index in [1.807, 2.05) is 37.3 Å². The summed E-state index contributed by atoms with van der Waals surface area (Å²) in [6.07, 6.45) is 18.2. The lowest BCUT2D eigenvalue weighted by atomic mass is 9.72. The molecule has 2 atom stereocenters. The second-order valence-corrected chi connectivity index (χ2v) is 8.06. The predicted molar refractivity (Wildman–Crippen MR) is 124 cm³/mol. The van der Waals surface area contributed by atoms with Crippen LogP contribution < -0.4 is 0 Å².